The van der Waals surface area contributed by atoms with E-state index in [0.717, 1.165) is 32.1 Å². The van der Waals surface area contributed by atoms with Crippen molar-refractivity contribution in [3.8, 4) is 0 Å². The van der Waals surface area contributed by atoms with Gasteiger partial charge in [-0.3, -0.25) is 10.1 Å². The van der Waals surface area contributed by atoms with Crippen LogP contribution in [0.3, 0.4) is 0 Å². The first-order valence-corrected chi connectivity index (χ1v) is 4.45. The average Bonchev–Trinajstić information content (AvgIpc) is 2.04. The fourth-order valence-corrected chi connectivity index (χ4v) is 1.46. The van der Waals surface area contributed by atoms with Gasteiger partial charge in [0.2, 0.25) is 0 Å². The molecule has 0 saturated carbocycles. The second-order valence-corrected chi connectivity index (χ2v) is 3.51. The smallest absolute Gasteiger partial charge is 0.274 e. The van der Waals surface area contributed by atoms with Crippen LogP contribution < -0.4 is 5.73 Å². The lowest BCUT2D eigenvalue weighted by Crippen LogP contribution is -2.35. The van der Waals surface area contributed by atoms with Crippen molar-refractivity contribution in [1.82, 2.24) is 4.90 Å². The van der Waals surface area contributed by atoms with Gasteiger partial charge in [-0.05, 0) is 18.8 Å². The first-order chi connectivity index (χ1) is 6.09. The summed E-state index contributed by atoms with van der Waals surface area (Å²) in [7, 11) is 0. The highest BCUT2D eigenvalue weighted by atomic mass is 16.6. The third-order valence-electron chi connectivity index (χ3n) is 2.39. The van der Waals surface area contributed by atoms with E-state index in [1.165, 1.54) is 0 Å². The minimum atomic E-state index is -0.507. The molecule has 0 spiro atoms. The molecule has 0 aromatic rings. The molecule has 0 bridgehead atoms. The van der Waals surface area contributed by atoms with E-state index in [1.807, 2.05) is 4.90 Å². The number of likely N-dealkylation sites (tertiary alicyclic amines) is 1. The van der Waals surface area contributed by atoms with E-state index in [4.69, 9.17) is 5.73 Å². The Labute approximate surface area is 77.4 Å². The van der Waals surface area contributed by atoms with Gasteiger partial charge in [0.15, 0.2) is 5.82 Å². The number of hydrogen-bond donors (Lipinski definition) is 1. The summed E-state index contributed by atoms with van der Waals surface area (Å²) in [4.78, 5) is 11.5. The standard InChI is InChI=1S/C8H15N3O2/c1-7-2-4-10(5-3-7)8(9)6-11(12)13/h6-7H,2-5,9H2,1H3. The molecule has 0 amide bonds. The maximum atomic E-state index is 10.1. The lowest BCUT2D eigenvalue weighted by molar-refractivity contribution is -0.404. The highest BCUT2D eigenvalue weighted by molar-refractivity contribution is 4.92. The average molecular weight is 185 g/mol. The number of hydrogen-bond acceptors (Lipinski definition) is 4. The molecule has 1 fully saturated rings. The minimum absolute atomic E-state index is 0.275. The monoisotopic (exact) mass is 185 g/mol. The van der Waals surface area contributed by atoms with Crippen LogP contribution in [-0.4, -0.2) is 22.9 Å². The van der Waals surface area contributed by atoms with E-state index in [-0.39, 0.29) is 5.82 Å². The van der Waals surface area contributed by atoms with Crippen molar-refractivity contribution in [1.29, 1.82) is 0 Å². The third-order valence-corrected chi connectivity index (χ3v) is 2.39. The van der Waals surface area contributed by atoms with Gasteiger partial charge in [-0.25, -0.2) is 0 Å². The lowest BCUT2D eigenvalue weighted by atomic mass is 9.99. The van der Waals surface area contributed by atoms with Gasteiger partial charge in [-0.1, -0.05) is 6.92 Å². The maximum Gasteiger partial charge on any atom is 0.274 e. The van der Waals surface area contributed by atoms with Crippen LogP contribution in [0.1, 0.15) is 19.8 Å². The zero-order chi connectivity index (χ0) is 9.84. The highest BCUT2D eigenvalue weighted by Gasteiger charge is 2.17. The van der Waals surface area contributed by atoms with Crippen LogP contribution in [-0.2, 0) is 0 Å². The van der Waals surface area contributed by atoms with E-state index >= 15 is 0 Å². The molecule has 13 heavy (non-hydrogen) atoms. The second kappa shape index (κ2) is 4.11. The van der Waals surface area contributed by atoms with Crippen LogP contribution in [0.2, 0.25) is 0 Å². The molecule has 1 rings (SSSR count). The quantitative estimate of drug-likeness (QED) is 0.509. The van der Waals surface area contributed by atoms with Gasteiger partial charge < -0.3 is 10.6 Å². The van der Waals surface area contributed by atoms with Crippen molar-refractivity contribution < 1.29 is 4.92 Å². The summed E-state index contributed by atoms with van der Waals surface area (Å²) < 4.78 is 0. The van der Waals surface area contributed by atoms with E-state index in [2.05, 4.69) is 6.92 Å². The summed E-state index contributed by atoms with van der Waals surface area (Å²) in [5.41, 5.74) is 5.54. The fourth-order valence-electron chi connectivity index (χ4n) is 1.46. The van der Waals surface area contributed by atoms with Gasteiger partial charge in [0.05, 0.1) is 4.92 Å². The number of piperidine rings is 1. The Kier molecular flexibility index (Phi) is 3.11. The van der Waals surface area contributed by atoms with Gasteiger partial charge in [0.25, 0.3) is 6.20 Å². The second-order valence-electron chi connectivity index (χ2n) is 3.51. The minimum Gasteiger partial charge on any atom is -0.380 e. The van der Waals surface area contributed by atoms with E-state index in [0.29, 0.717) is 5.92 Å². The largest absolute Gasteiger partial charge is 0.380 e. The molecule has 1 aliphatic heterocycles. The molecule has 5 nitrogen and oxygen atoms in total. The summed E-state index contributed by atoms with van der Waals surface area (Å²) in [6, 6.07) is 0. The molecule has 0 aromatic heterocycles. The van der Waals surface area contributed by atoms with Crippen LogP contribution in [0.4, 0.5) is 0 Å². The molecule has 0 aromatic carbocycles. The molecule has 0 atom stereocenters. The highest BCUT2D eigenvalue weighted by Crippen LogP contribution is 2.17. The molecular formula is C8H15N3O2. The zero-order valence-corrected chi connectivity index (χ0v) is 7.77. The molecule has 5 heteroatoms. The Balaban J connectivity index is 2.49. The third kappa shape index (κ3) is 2.93. The number of nitrogens with two attached hydrogens (primary N) is 1. The number of rotatable bonds is 2. The Morgan fingerprint density at radius 1 is 1.62 bits per heavy atom. The molecule has 1 aliphatic rings. The summed E-state index contributed by atoms with van der Waals surface area (Å²) in [5, 5.41) is 10.1. The van der Waals surface area contributed by atoms with Gasteiger partial charge in [0, 0.05) is 13.1 Å². The van der Waals surface area contributed by atoms with Crippen molar-refractivity contribution in [2.24, 2.45) is 11.7 Å². The molecule has 0 unspecified atom stereocenters. The van der Waals surface area contributed by atoms with Crippen molar-refractivity contribution in [3.63, 3.8) is 0 Å². The SMILES string of the molecule is CC1CCN(C(N)=C[N+](=O)[O-])CC1. The van der Waals surface area contributed by atoms with Crippen LogP contribution in [0, 0.1) is 16.0 Å². The molecular weight excluding hydrogens is 170 g/mol. The molecule has 74 valence electrons. The zero-order valence-electron chi connectivity index (χ0n) is 7.77. The van der Waals surface area contributed by atoms with Gasteiger partial charge in [-0.2, -0.15) is 0 Å². The number of nitro groups is 1. The van der Waals surface area contributed by atoms with Crippen molar-refractivity contribution in [3.05, 3.63) is 22.1 Å². The molecule has 1 heterocycles. The number of nitrogens with zero attached hydrogens (tertiary/aromatic N) is 2. The fraction of sp³-hybridized carbons (Fsp3) is 0.750. The molecule has 0 aliphatic carbocycles. The van der Waals surface area contributed by atoms with Crippen molar-refractivity contribution in [2.75, 3.05) is 13.1 Å². The summed E-state index contributed by atoms with van der Waals surface area (Å²) in [6.45, 7) is 3.85. The van der Waals surface area contributed by atoms with E-state index in [1.54, 1.807) is 0 Å². The van der Waals surface area contributed by atoms with Crippen LogP contribution in [0.15, 0.2) is 12.0 Å². The summed E-state index contributed by atoms with van der Waals surface area (Å²) >= 11 is 0. The van der Waals surface area contributed by atoms with Gasteiger partial charge in [0.1, 0.15) is 0 Å². The van der Waals surface area contributed by atoms with Crippen LogP contribution in [0.5, 0.6) is 0 Å². The first-order valence-electron chi connectivity index (χ1n) is 4.45. The normalized spacial score (nSPS) is 20.4. The van der Waals surface area contributed by atoms with Crippen molar-refractivity contribution >= 4 is 0 Å². The summed E-state index contributed by atoms with van der Waals surface area (Å²) in [5.74, 6) is 0.983. The summed E-state index contributed by atoms with van der Waals surface area (Å²) in [6.07, 6.45) is 2.99. The molecule has 2 N–H and O–H groups in total. The van der Waals surface area contributed by atoms with E-state index < -0.39 is 4.92 Å². The Hall–Kier alpha value is -1.26. The predicted octanol–water partition coefficient (Wildman–Crippen LogP) is 0.753. The lowest BCUT2D eigenvalue weighted by Gasteiger charge is -2.30. The Bertz CT molecular complexity index is 219. The van der Waals surface area contributed by atoms with Crippen molar-refractivity contribution in [2.45, 2.75) is 19.8 Å². The molecule has 0 radical (unpaired) electrons. The Morgan fingerprint density at radius 3 is 2.62 bits per heavy atom. The molecule has 1 saturated heterocycles. The topological polar surface area (TPSA) is 72.4 Å². The van der Waals surface area contributed by atoms with Crippen LogP contribution >= 0.6 is 0 Å². The first kappa shape index (κ1) is 9.83. The van der Waals surface area contributed by atoms with Crippen LogP contribution in [0.25, 0.3) is 0 Å². The van der Waals surface area contributed by atoms with Gasteiger partial charge in [-0.15, -0.1) is 0 Å². The predicted molar refractivity (Wildman–Crippen MR) is 49.2 cm³/mol. The Morgan fingerprint density at radius 2 is 2.15 bits per heavy atom. The van der Waals surface area contributed by atoms with Gasteiger partial charge >= 0.3 is 0 Å². The maximum absolute atomic E-state index is 10.1. The van der Waals surface area contributed by atoms with E-state index in [9.17, 15) is 10.1 Å².